The van der Waals surface area contributed by atoms with Crippen LogP contribution in [0.1, 0.15) is 15.9 Å². The molecule has 0 unspecified atom stereocenters. The normalized spacial score (nSPS) is 17.6. The summed E-state index contributed by atoms with van der Waals surface area (Å²) in [5.74, 6) is -0.288. The van der Waals surface area contributed by atoms with Gasteiger partial charge in [0.15, 0.2) is 0 Å². The van der Waals surface area contributed by atoms with Crippen molar-refractivity contribution in [2.75, 3.05) is 70.9 Å². The molecule has 1 amide bonds. The molecule has 0 atom stereocenters. The Morgan fingerprint density at radius 3 is 2.23 bits per heavy atom. The zero-order valence-corrected chi connectivity index (χ0v) is 23.4. The van der Waals surface area contributed by atoms with Crippen molar-refractivity contribution in [3.63, 3.8) is 0 Å². The minimum atomic E-state index is -3.64. The fraction of sp³-hybridized carbons (Fsp3) is 0.393. The van der Waals surface area contributed by atoms with Gasteiger partial charge in [0, 0.05) is 71.3 Å². The van der Waals surface area contributed by atoms with Gasteiger partial charge in [-0.05, 0) is 42.3 Å². The van der Waals surface area contributed by atoms with Crippen molar-refractivity contribution in [2.45, 2.75) is 11.3 Å². The van der Waals surface area contributed by atoms with E-state index in [2.05, 4.69) is 51.1 Å². The Kier molecular flexibility index (Phi) is 8.72. The number of hydrogen-bond donors (Lipinski definition) is 2. The van der Waals surface area contributed by atoms with Gasteiger partial charge in [-0.2, -0.15) is 4.31 Å². The molecule has 3 aromatic rings. The number of amides is 1. The number of carbonyl (C=O) groups is 1. The van der Waals surface area contributed by atoms with Crippen LogP contribution < -0.4 is 10.4 Å². The molecule has 2 aromatic carbocycles. The molecule has 2 saturated heterocycles. The molecule has 0 saturated carbocycles. The summed E-state index contributed by atoms with van der Waals surface area (Å²) in [4.78, 5) is 26.8. The van der Waals surface area contributed by atoms with E-state index in [9.17, 15) is 13.2 Å². The number of hydrogen-bond acceptors (Lipinski definition) is 9. The summed E-state index contributed by atoms with van der Waals surface area (Å²) in [6.07, 6.45) is 3.63. The number of nitrogens with one attached hydrogen (secondary N) is 1. The first-order valence-corrected chi connectivity index (χ1v) is 14.9. The standard InChI is InChI=1S/C28H35N7O4S/c1-32-11-13-33(14-12-32)10-9-22-3-2-4-24(19-22)23-5-7-26(8-6-23)40(38,39)35-17-15-34(16-18-35)28-29-20-25(21-30-28)27(36)31-37/h2-8,19-21,37H,9-18H2,1H3,(H,31,36). The van der Waals surface area contributed by atoms with Crippen LogP contribution in [0.3, 0.4) is 0 Å². The molecule has 0 bridgehead atoms. The topological polar surface area (TPSA) is 122 Å². The smallest absolute Gasteiger partial charge is 0.277 e. The average molecular weight is 566 g/mol. The van der Waals surface area contributed by atoms with Gasteiger partial charge in [-0.3, -0.25) is 10.0 Å². The van der Waals surface area contributed by atoms with Crippen LogP contribution in [0, 0.1) is 0 Å². The van der Waals surface area contributed by atoms with E-state index in [0.717, 1.165) is 50.3 Å². The number of sulfonamides is 1. The van der Waals surface area contributed by atoms with E-state index in [0.29, 0.717) is 32.1 Å². The zero-order valence-electron chi connectivity index (χ0n) is 22.6. The lowest BCUT2D eigenvalue weighted by molar-refractivity contribution is 0.0705. The third-order valence-electron chi connectivity index (χ3n) is 7.59. The molecule has 1 aromatic heterocycles. The first-order chi connectivity index (χ1) is 19.3. The second kappa shape index (κ2) is 12.4. The highest BCUT2D eigenvalue weighted by Crippen LogP contribution is 2.25. The van der Waals surface area contributed by atoms with Gasteiger partial charge in [0.1, 0.15) is 0 Å². The van der Waals surface area contributed by atoms with E-state index in [1.165, 1.54) is 22.3 Å². The Hall–Kier alpha value is -3.42. The largest absolute Gasteiger partial charge is 0.338 e. The highest BCUT2D eigenvalue weighted by molar-refractivity contribution is 7.89. The van der Waals surface area contributed by atoms with Gasteiger partial charge in [0.25, 0.3) is 5.91 Å². The van der Waals surface area contributed by atoms with Crippen LogP contribution >= 0.6 is 0 Å². The van der Waals surface area contributed by atoms with Gasteiger partial charge in [0.05, 0.1) is 10.5 Å². The van der Waals surface area contributed by atoms with Crippen LogP contribution in [0.4, 0.5) is 5.95 Å². The summed E-state index contributed by atoms with van der Waals surface area (Å²) in [5, 5.41) is 8.73. The van der Waals surface area contributed by atoms with Gasteiger partial charge in [-0.1, -0.05) is 36.4 Å². The quantitative estimate of drug-likeness (QED) is 0.310. The van der Waals surface area contributed by atoms with Crippen molar-refractivity contribution in [1.29, 1.82) is 0 Å². The lowest BCUT2D eigenvalue weighted by Crippen LogP contribution is -2.49. The van der Waals surface area contributed by atoms with Crippen LogP contribution in [0.5, 0.6) is 0 Å². The maximum Gasteiger partial charge on any atom is 0.277 e. The van der Waals surface area contributed by atoms with E-state index in [4.69, 9.17) is 5.21 Å². The SMILES string of the molecule is CN1CCN(CCc2cccc(-c3ccc(S(=O)(=O)N4CCN(c5ncc(C(=O)NO)cn5)CC4)cc3)c2)CC1. The number of nitrogens with zero attached hydrogens (tertiary/aromatic N) is 6. The van der Waals surface area contributed by atoms with E-state index < -0.39 is 15.9 Å². The zero-order chi connectivity index (χ0) is 28.1. The van der Waals surface area contributed by atoms with Gasteiger partial charge in [0.2, 0.25) is 16.0 Å². The molecule has 2 aliphatic rings. The second-order valence-electron chi connectivity index (χ2n) is 10.2. The lowest BCUT2D eigenvalue weighted by atomic mass is 10.0. The molecular formula is C28H35N7O4S. The predicted octanol–water partition coefficient (Wildman–Crippen LogP) is 1.56. The number of likely N-dealkylation sites (N-methyl/N-ethyl adjacent to an activating group) is 1. The average Bonchev–Trinajstić information content (AvgIpc) is 3.01. The molecule has 12 heteroatoms. The number of carbonyl (C=O) groups excluding carboxylic acids is 1. The molecule has 3 heterocycles. The van der Waals surface area contributed by atoms with Gasteiger partial charge >= 0.3 is 0 Å². The molecule has 0 radical (unpaired) electrons. The van der Waals surface area contributed by atoms with Crippen LogP contribution in [0.15, 0.2) is 65.8 Å². The van der Waals surface area contributed by atoms with Crippen LogP contribution in [-0.4, -0.2) is 110 Å². The van der Waals surface area contributed by atoms with Crippen LogP contribution in [0.2, 0.25) is 0 Å². The highest BCUT2D eigenvalue weighted by Gasteiger charge is 2.29. The van der Waals surface area contributed by atoms with Crippen molar-refractivity contribution in [3.05, 3.63) is 72.1 Å². The van der Waals surface area contributed by atoms with Gasteiger partial charge < -0.3 is 14.7 Å². The maximum absolute atomic E-state index is 13.3. The van der Waals surface area contributed by atoms with Crippen molar-refractivity contribution in [2.24, 2.45) is 0 Å². The Morgan fingerprint density at radius 2 is 1.57 bits per heavy atom. The molecule has 212 valence electrons. The third-order valence-corrected chi connectivity index (χ3v) is 9.50. The summed E-state index contributed by atoms with van der Waals surface area (Å²) < 4.78 is 28.2. The van der Waals surface area contributed by atoms with Gasteiger partial charge in [-0.25, -0.2) is 23.9 Å². The first kappa shape index (κ1) is 28.1. The van der Waals surface area contributed by atoms with E-state index in [-0.39, 0.29) is 10.5 Å². The molecule has 11 nitrogen and oxygen atoms in total. The fourth-order valence-corrected chi connectivity index (χ4v) is 6.45. The van der Waals surface area contributed by atoms with E-state index in [1.807, 2.05) is 17.0 Å². The number of piperazine rings is 2. The summed E-state index contributed by atoms with van der Waals surface area (Å²) in [5.41, 5.74) is 5.02. The van der Waals surface area contributed by atoms with Crippen molar-refractivity contribution in [1.82, 2.24) is 29.6 Å². The Labute approximate surface area is 235 Å². The van der Waals surface area contributed by atoms with E-state index >= 15 is 0 Å². The molecular weight excluding hydrogens is 530 g/mol. The highest BCUT2D eigenvalue weighted by atomic mass is 32.2. The summed E-state index contributed by atoms with van der Waals surface area (Å²) in [7, 11) is -1.48. The minimum Gasteiger partial charge on any atom is -0.338 e. The lowest BCUT2D eigenvalue weighted by Gasteiger charge is -2.34. The molecule has 2 fully saturated rings. The second-order valence-corrected chi connectivity index (χ2v) is 12.2. The Bertz CT molecular complexity index is 1400. The Balaban J connectivity index is 1.18. The summed E-state index contributed by atoms with van der Waals surface area (Å²) in [6, 6.07) is 15.6. The maximum atomic E-state index is 13.3. The third kappa shape index (κ3) is 6.48. The number of hydroxylamine groups is 1. The van der Waals surface area contributed by atoms with Crippen molar-refractivity contribution < 1.29 is 18.4 Å². The minimum absolute atomic E-state index is 0.133. The summed E-state index contributed by atoms with van der Waals surface area (Å²) in [6.45, 7) is 6.90. The fourth-order valence-electron chi connectivity index (χ4n) is 5.03. The Morgan fingerprint density at radius 1 is 0.900 bits per heavy atom. The van der Waals surface area contributed by atoms with Crippen LogP contribution in [-0.2, 0) is 16.4 Å². The molecule has 2 N–H and O–H groups in total. The predicted molar refractivity (Wildman–Crippen MR) is 152 cm³/mol. The number of benzene rings is 2. The van der Waals surface area contributed by atoms with Crippen LogP contribution in [0.25, 0.3) is 11.1 Å². The van der Waals surface area contributed by atoms with Crippen molar-refractivity contribution in [3.8, 4) is 11.1 Å². The molecule has 0 spiro atoms. The number of rotatable bonds is 8. The van der Waals surface area contributed by atoms with E-state index in [1.54, 1.807) is 17.6 Å². The molecule has 40 heavy (non-hydrogen) atoms. The first-order valence-electron chi connectivity index (χ1n) is 13.5. The molecule has 5 rings (SSSR count). The molecule has 2 aliphatic heterocycles. The monoisotopic (exact) mass is 565 g/mol. The number of anilines is 1. The summed E-state index contributed by atoms with van der Waals surface area (Å²) >= 11 is 0. The van der Waals surface area contributed by atoms with Gasteiger partial charge in [-0.15, -0.1) is 0 Å². The number of aromatic nitrogens is 2. The van der Waals surface area contributed by atoms with Crippen molar-refractivity contribution >= 4 is 21.9 Å². The molecule has 0 aliphatic carbocycles.